The third kappa shape index (κ3) is 5.65. The summed E-state index contributed by atoms with van der Waals surface area (Å²) in [5, 5.41) is 17.1. The highest BCUT2D eigenvalue weighted by Gasteiger charge is 2.08. The standard InChI is InChI=1S/C21H23N5O3/c1-3-22-21(23-12-16-6-10-19(11-7-16)26(27)28)24-13-18-14-29-20(25-18)17-8-4-15(2)5-9-17/h4-11,14H,3,12-13H2,1-2H3,(H2,22,23,24). The van der Waals surface area contributed by atoms with Gasteiger partial charge in [-0.3, -0.25) is 10.1 Å². The van der Waals surface area contributed by atoms with Crippen LogP contribution in [-0.4, -0.2) is 22.4 Å². The van der Waals surface area contributed by atoms with Gasteiger partial charge < -0.3 is 15.1 Å². The molecule has 1 heterocycles. The van der Waals surface area contributed by atoms with E-state index in [-0.39, 0.29) is 5.69 Å². The second-order valence-electron chi connectivity index (χ2n) is 6.48. The van der Waals surface area contributed by atoms with Crippen LogP contribution in [0.1, 0.15) is 23.7 Å². The quantitative estimate of drug-likeness (QED) is 0.274. The molecule has 0 unspecified atom stereocenters. The van der Waals surface area contributed by atoms with Crippen molar-refractivity contribution < 1.29 is 9.34 Å². The smallest absolute Gasteiger partial charge is 0.269 e. The lowest BCUT2D eigenvalue weighted by atomic mass is 10.1. The molecule has 0 atom stereocenters. The molecule has 150 valence electrons. The van der Waals surface area contributed by atoms with Crippen molar-refractivity contribution in [1.29, 1.82) is 0 Å². The van der Waals surface area contributed by atoms with Crippen molar-refractivity contribution in [2.24, 2.45) is 4.99 Å². The molecule has 1 aromatic heterocycles. The number of nitrogens with one attached hydrogen (secondary N) is 2. The number of rotatable bonds is 7. The average Bonchev–Trinajstić information content (AvgIpc) is 3.20. The van der Waals surface area contributed by atoms with Crippen molar-refractivity contribution in [2.45, 2.75) is 26.9 Å². The molecule has 0 aliphatic heterocycles. The van der Waals surface area contributed by atoms with Crippen LogP contribution in [0.4, 0.5) is 5.69 Å². The van der Waals surface area contributed by atoms with Crippen LogP contribution in [0.25, 0.3) is 11.5 Å². The summed E-state index contributed by atoms with van der Waals surface area (Å²) in [6, 6.07) is 14.4. The molecule has 0 radical (unpaired) electrons. The summed E-state index contributed by atoms with van der Waals surface area (Å²) in [5.74, 6) is 1.21. The molecule has 0 aliphatic carbocycles. The van der Waals surface area contributed by atoms with E-state index in [2.05, 4.69) is 20.6 Å². The maximum Gasteiger partial charge on any atom is 0.269 e. The topological polar surface area (TPSA) is 106 Å². The number of hydrogen-bond donors (Lipinski definition) is 2. The minimum Gasteiger partial charge on any atom is -0.444 e. The molecule has 0 bridgehead atoms. The maximum atomic E-state index is 10.7. The van der Waals surface area contributed by atoms with Gasteiger partial charge >= 0.3 is 0 Å². The molecular formula is C21H23N5O3. The minimum atomic E-state index is -0.415. The molecule has 2 aromatic carbocycles. The fraction of sp³-hybridized carbons (Fsp3) is 0.238. The van der Waals surface area contributed by atoms with E-state index in [0.717, 1.165) is 16.8 Å². The number of aryl methyl sites for hydroxylation is 1. The first-order valence-corrected chi connectivity index (χ1v) is 9.32. The number of nitro groups is 1. The van der Waals surface area contributed by atoms with Crippen LogP contribution in [0, 0.1) is 17.0 Å². The summed E-state index contributed by atoms with van der Waals surface area (Å²) in [6.07, 6.45) is 1.63. The summed E-state index contributed by atoms with van der Waals surface area (Å²) < 4.78 is 5.58. The van der Waals surface area contributed by atoms with Gasteiger partial charge in [0.1, 0.15) is 6.26 Å². The Morgan fingerprint density at radius 2 is 1.86 bits per heavy atom. The highest BCUT2D eigenvalue weighted by Crippen LogP contribution is 2.19. The Morgan fingerprint density at radius 3 is 2.52 bits per heavy atom. The number of aliphatic imine (C=N–C) groups is 1. The Morgan fingerprint density at radius 1 is 1.14 bits per heavy atom. The van der Waals surface area contributed by atoms with E-state index >= 15 is 0 Å². The molecule has 8 nitrogen and oxygen atoms in total. The third-order valence-electron chi connectivity index (χ3n) is 4.20. The predicted molar refractivity (Wildman–Crippen MR) is 111 cm³/mol. The zero-order chi connectivity index (χ0) is 20.6. The lowest BCUT2D eigenvalue weighted by molar-refractivity contribution is -0.384. The van der Waals surface area contributed by atoms with Crippen LogP contribution >= 0.6 is 0 Å². The van der Waals surface area contributed by atoms with E-state index in [0.29, 0.717) is 31.5 Å². The predicted octanol–water partition coefficient (Wildman–Crippen LogP) is 3.81. The number of oxazole rings is 1. The van der Waals surface area contributed by atoms with Crippen LogP contribution in [0.3, 0.4) is 0 Å². The van der Waals surface area contributed by atoms with Gasteiger partial charge in [-0.05, 0) is 31.5 Å². The molecule has 29 heavy (non-hydrogen) atoms. The second kappa shape index (κ2) is 9.50. The van der Waals surface area contributed by atoms with Gasteiger partial charge in [0.2, 0.25) is 5.89 Å². The average molecular weight is 393 g/mol. The molecule has 2 N–H and O–H groups in total. The van der Waals surface area contributed by atoms with Gasteiger partial charge in [0.25, 0.3) is 5.69 Å². The van der Waals surface area contributed by atoms with E-state index in [1.54, 1.807) is 18.4 Å². The van der Waals surface area contributed by atoms with Crippen LogP contribution in [0.15, 0.2) is 64.2 Å². The fourth-order valence-electron chi connectivity index (χ4n) is 2.63. The molecule has 0 spiro atoms. The van der Waals surface area contributed by atoms with Crippen LogP contribution in [0.5, 0.6) is 0 Å². The molecule has 8 heteroatoms. The molecule has 0 amide bonds. The van der Waals surface area contributed by atoms with Gasteiger partial charge in [0.15, 0.2) is 5.96 Å². The summed E-state index contributed by atoms with van der Waals surface area (Å²) in [7, 11) is 0. The van der Waals surface area contributed by atoms with Crippen molar-refractivity contribution in [1.82, 2.24) is 15.6 Å². The lowest BCUT2D eigenvalue weighted by Crippen LogP contribution is -2.36. The van der Waals surface area contributed by atoms with Gasteiger partial charge in [-0.1, -0.05) is 29.8 Å². The Labute approximate surface area is 168 Å². The highest BCUT2D eigenvalue weighted by molar-refractivity contribution is 5.79. The van der Waals surface area contributed by atoms with E-state index < -0.39 is 4.92 Å². The van der Waals surface area contributed by atoms with Crippen molar-refractivity contribution in [3.63, 3.8) is 0 Å². The van der Waals surface area contributed by atoms with E-state index in [9.17, 15) is 10.1 Å². The number of non-ortho nitro benzene ring substituents is 1. The first-order valence-electron chi connectivity index (χ1n) is 9.32. The molecule has 0 saturated carbocycles. The first kappa shape index (κ1) is 20.1. The molecule has 0 fully saturated rings. The largest absolute Gasteiger partial charge is 0.444 e. The van der Waals surface area contributed by atoms with Crippen molar-refractivity contribution in [3.8, 4) is 11.5 Å². The molecular weight excluding hydrogens is 370 g/mol. The molecule has 0 aliphatic rings. The Bertz CT molecular complexity index is 978. The highest BCUT2D eigenvalue weighted by atomic mass is 16.6. The normalized spacial score (nSPS) is 11.3. The zero-order valence-electron chi connectivity index (χ0n) is 16.4. The molecule has 3 aromatic rings. The van der Waals surface area contributed by atoms with Crippen molar-refractivity contribution in [2.75, 3.05) is 6.54 Å². The minimum absolute atomic E-state index is 0.0678. The van der Waals surface area contributed by atoms with Gasteiger partial charge in [-0.15, -0.1) is 0 Å². The van der Waals surface area contributed by atoms with Crippen LogP contribution in [0.2, 0.25) is 0 Å². The lowest BCUT2D eigenvalue weighted by Gasteiger charge is -2.10. The maximum absolute atomic E-state index is 10.7. The van der Waals surface area contributed by atoms with Crippen LogP contribution < -0.4 is 10.6 Å². The number of aromatic nitrogens is 1. The summed E-state index contributed by atoms with van der Waals surface area (Å²) in [5.41, 5.74) is 3.83. The summed E-state index contributed by atoms with van der Waals surface area (Å²) in [6.45, 7) is 5.59. The van der Waals surface area contributed by atoms with Crippen molar-refractivity contribution >= 4 is 11.6 Å². The van der Waals surface area contributed by atoms with Gasteiger partial charge in [0, 0.05) is 24.2 Å². The number of guanidine groups is 1. The summed E-state index contributed by atoms with van der Waals surface area (Å²) >= 11 is 0. The Balaban J connectivity index is 1.61. The molecule has 3 rings (SSSR count). The Kier molecular flexibility index (Phi) is 6.57. The number of nitrogens with zero attached hydrogens (tertiary/aromatic N) is 3. The van der Waals surface area contributed by atoms with Gasteiger partial charge in [0.05, 0.1) is 23.7 Å². The van der Waals surface area contributed by atoms with Gasteiger partial charge in [-0.2, -0.15) is 0 Å². The van der Waals surface area contributed by atoms with Crippen molar-refractivity contribution in [3.05, 3.63) is 81.7 Å². The monoisotopic (exact) mass is 393 g/mol. The number of benzene rings is 2. The summed E-state index contributed by atoms with van der Waals surface area (Å²) in [4.78, 5) is 19.3. The molecule has 0 saturated heterocycles. The second-order valence-corrected chi connectivity index (χ2v) is 6.48. The van der Waals surface area contributed by atoms with E-state index in [1.807, 2.05) is 38.1 Å². The Hall–Kier alpha value is -3.68. The number of nitro benzene ring substituents is 1. The van der Waals surface area contributed by atoms with E-state index in [4.69, 9.17) is 4.42 Å². The fourth-order valence-corrected chi connectivity index (χ4v) is 2.63. The SMILES string of the molecule is CCNC(=NCc1ccc([N+](=O)[O-])cc1)NCc1coc(-c2ccc(C)cc2)n1. The van der Waals surface area contributed by atoms with E-state index in [1.165, 1.54) is 17.7 Å². The van der Waals surface area contributed by atoms with Crippen LogP contribution in [-0.2, 0) is 13.1 Å². The number of hydrogen-bond acceptors (Lipinski definition) is 5. The van der Waals surface area contributed by atoms with Gasteiger partial charge in [-0.25, -0.2) is 9.98 Å². The first-order chi connectivity index (χ1) is 14.0. The third-order valence-corrected chi connectivity index (χ3v) is 4.20. The zero-order valence-corrected chi connectivity index (χ0v) is 16.4.